The van der Waals surface area contributed by atoms with E-state index in [1.165, 1.54) is 6.07 Å². The Balaban J connectivity index is 1.80. The molecule has 0 aliphatic carbocycles. The Kier molecular flexibility index (Phi) is 5.08. The van der Waals surface area contributed by atoms with Gasteiger partial charge in [-0.3, -0.25) is 9.59 Å². The molecule has 1 amide bonds. The molecule has 2 aromatic heterocycles. The van der Waals surface area contributed by atoms with E-state index in [1.807, 2.05) is 24.6 Å². The summed E-state index contributed by atoms with van der Waals surface area (Å²) in [6.45, 7) is 6.11. The SMILES string of the molecule is Cc1cc(=O)[nH]c(CCNC(=O)CC(C)n2ccnc2C)n1. The number of amides is 1. The maximum absolute atomic E-state index is 11.9. The van der Waals surface area contributed by atoms with Crippen molar-refractivity contribution in [3.05, 3.63) is 46.2 Å². The molecule has 0 aliphatic rings. The highest BCUT2D eigenvalue weighted by atomic mass is 16.1. The number of hydrogen-bond donors (Lipinski definition) is 2. The molecule has 0 saturated heterocycles. The molecule has 0 bridgehead atoms. The number of carbonyl (C=O) groups excluding carboxylic acids is 1. The monoisotopic (exact) mass is 303 g/mol. The summed E-state index contributed by atoms with van der Waals surface area (Å²) >= 11 is 0. The van der Waals surface area contributed by atoms with Gasteiger partial charge < -0.3 is 14.9 Å². The van der Waals surface area contributed by atoms with Crippen LogP contribution < -0.4 is 10.9 Å². The highest BCUT2D eigenvalue weighted by molar-refractivity contribution is 5.76. The third kappa shape index (κ3) is 4.28. The smallest absolute Gasteiger partial charge is 0.251 e. The van der Waals surface area contributed by atoms with Crippen molar-refractivity contribution in [2.24, 2.45) is 0 Å². The van der Waals surface area contributed by atoms with Crippen molar-refractivity contribution in [2.45, 2.75) is 39.7 Å². The van der Waals surface area contributed by atoms with Gasteiger partial charge in [-0.1, -0.05) is 0 Å². The van der Waals surface area contributed by atoms with Crippen LogP contribution in [0.25, 0.3) is 0 Å². The summed E-state index contributed by atoms with van der Waals surface area (Å²) < 4.78 is 1.97. The zero-order valence-corrected chi connectivity index (χ0v) is 13.1. The van der Waals surface area contributed by atoms with E-state index in [2.05, 4.69) is 20.3 Å². The number of aryl methyl sites for hydroxylation is 2. The number of nitrogens with one attached hydrogen (secondary N) is 2. The molecule has 0 fully saturated rings. The fourth-order valence-electron chi connectivity index (χ4n) is 2.37. The minimum Gasteiger partial charge on any atom is -0.356 e. The number of nitrogens with zero attached hydrogens (tertiary/aromatic N) is 3. The van der Waals surface area contributed by atoms with Crippen LogP contribution in [0, 0.1) is 13.8 Å². The average Bonchev–Trinajstić information content (AvgIpc) is 2.83. The van der Waals surface area contributed by atoms with Gasteiger partial charge in [-0.2, -0.15) is 0 Å². The number of aromatic nitrogens is 4. The second kappa shape index (κ2) is 7.02. The molecule has 2 aromatic rings. The van der Waals surface area contributed by atoms with Crippen LogP contribution in [-0.2, 0) is 11.2 Å². The molecule has 118 valence electrons. The molecule has 2 N–H and O–H groups in total. The second-order valence-electron chi connectivity index (χ2n) is 5.37. The van der Waals surface area contributed by atoms with Crippen molar-refractivity contribution >= 4 is 5.91 Å². The Morgan fingerprint density at radius 3 is 2.86 bits per heavy atom. The molecule has 0 aliphatic heterocycles. The van der Waals surface area contributed by atoms with E-state index in [0.717, 1.165) is 5.82 Å². The van der Waals surface area contributed by atoms with Crippen LogP contribution in [0.3, 0.4) is 0 Å². The van der Waals surface area contributed by atoms with Gasteiger partial charge in [0.05, 0.1) is 0 Å². The minimum absolute atomic E-state index is 0.0319. The van der Waals surface area contributed by atoms with E-state index in [0.29, 0.717) is 30.9 Å². The zero-order valence-electron chi connectivity index (χ0n) is 13.1. The highest BCUT2D eigenvalue weighted by Crippen LogP contribution is 2.12. The molecular weight excluding hydrogens is 282 g/mol. The number of rotatable bonds is 6. The Hall–Kier alpha value is -2.44. The molecule has 0 aromatic carbocycles. The molecule has 22 heavy (non-hydrogen) atoms. The zero-order chi connectivity index (χ0) is 16.1. The Labute approximate surface area is 128 Å². The molecule has 2 rings (SSSR count). The van der Waals surface area contributed by atoms with Crippen LogP contribution in [0.2, 0.25) is 0 Å². The lowest BCUT2D eigenvalue weighted by Gasteiger charge is -2.14. The van der Waals surface area contributed by atoms with Gasteiger partial charge in [0.15, 0.2) is 0 Å². The predicted octanol–water partition coefficient (Wildman–Crippen LogP) is 0.893. The van der Waals surface area contributed by atoms with Crippen molar-refractivity contribution in [3.8, 4) is 0 Å². The summed E-state index contributed by atoms with van der Waals surface area (Å²) in [4.78, 5) is 34.3. The molecule has 7 nitrogen and oxygen atoms in total. The maximum atomic E-state index is 11.9. The van der Waals surface area contributed by atoms with Gasteiger partial charge in [-0.05, 0) is 20.8 Å². The van der Waals surface area contributed by atoms with Crippen LogP contribution >= 0.6 is 0 Å². The summed E-state index contributed by atoms with van der Waals surface area (Å²) in [6, 6.07) is 1.50. The normalized spacial score (nSPS) is 12.1. The van der Waals surface area contributed by atoms with Crippen molar-refractivity contribution in [1.82, 2.24) is 24.8 Å². The topological polar surface area (TPSA) is 92.7 Å². The quantitative estimate of drug-likeness (QED) is 0.829. The first-order chi connectivity index (χ1) is 10.5. The Morgan fingerprint density at radius 1 is 1.45 bits per heavy atom. The van der Waals surface area contributed by atoms with Gasteiger partial charge in [-0.15, -0.1) is 0 Å². The number of imidazole rings is 1. The fourth-order valence-corrected chi connectivity index (χ4v) is 2.37. The van der Waals surface area contributed by atoms with E-state index in [9.17, 15) is 9.59 Å². The number of aromatic amines is 1. The number of hydrogen-bond acceptors (Lipinski definition) is 4. The standard InChI is InChI=1S/C15H21N5O2/c1-10-8-15(22)19-13(18-10)4-5-17-14(21)9-11(2)20-7-6-16-12(20)3/h6-8,11H,4-5,9H2,1-3H3,(H,17,21)(H,18,19,22). The largest absolute Gasteiger partial charge is 0.356 e. The van der Waals surface area contributed by atoms with Crippen molar-refractivity contribution in [2.75, 3.05) is 6.54 Å². The van der Waals surface area contributed by atoms with Gasteiger partial charge in [0.25, 0.3) is 5.56 Å². The molecule has 1 atom stereocenters. The lowest BCUT2D eigenvalue weighted by atomic mass is 10.2. The van der Waals surface area contributed by atoms with Crippen molar-refractivity contribution in [3.63, 3.8) is 0 Å². The fraction of sp³-hybridized carbons (Fsp3) is 0.467. The first kappa shape index (κ1) is 15.9. The Bertz CT molecular complexity index is 704. The molecule has 2 heterocycles. The molecule has 1 unspecified atom stereocenters. The third-order valence-electron chi connectivity index (χ3n) is 3.42. The second-order valence-corrected chi connectivity index (χ2v) is 5.37. The average molecular weight is 303 g/mol. The molecule has 7 heteroatoms. The minimum atomic E-state index is -0.168. The van der Waals surface area contributed by atoms with Gasteiger partial charge in [0.2, 0.25) is 5.91 Å². The summed E-state index contributed by atoms with van der Waals surface area (Å²) in [7, 11) is 0. The van der Waals surface area contributed by atoms with Crippen LogP contribution in [0.4, 0.5) is 0 Å². The van der Waals surface area contributed by atoms with E-state index in [4.69, 9.17) is 0 Å². The van der Waals surface area contributed by atoms with Crippen LogP contribution in [0.5, 0.6) is 0 Å². The first-order valence-electron chi connectivity index (χ1n) is 7.28. The maximum Gasteiger partial charge on any atom is 0.251 e. The van der Waals surface area contributed by atoms with E-state index < -0.39 is 0 Å². The molecular formula is C15H21N5O2. The first-order valence-corrected chi connectivity index (χ1v) is 7.28. The molecule has 0 radical (unpaired) electrons. The lowest BCUT2D eigenvalue weighted by molar-refractivity contribution is -0.121. The van der Waals surface area contributed by atoms with Gasteiger partial charge in [0.1, 0.15) is 11.6 Å². The summed E-state index contributed by atoms with van der Waals surface area (Å²) in [5.41, 5.74) is 0.507. The van der Waals surface area contributed by atoms with E-state index >= 15 is 0 Å². The van der Waals surface area contributed by atoms with Gasteiger partial charge >= 0.3 is 0 Å². The van der Waals surface area contributed by atoms with E-state index in [1.54, 1.807) is 13.1 Å². The third-order valence-corrected chi connectivity index (χ3v) is 3.42. The number of carbonyl (C=O) groups is 1. The van der Waals surface area contributed by atoms with Crippen molar-refractivity contribution < 1.29 is 4.79 Å². The van der Waals surface area contributed by atoms with E-state index in [-0.39, 0.29) is 17.5 Å². The summed E-state index contributed by atoms with van der Waals surface area (Å²) in [5.74, 6) is 1.45. The summed E-state index contributed by atoms with van der Waals surface area (Å²) in [5, 5.41) is 2.85. The van der Waals surface area contributed by atoms with Crippen LogP contribution in [0.1, 0.15) is 36.7 Å². The highest BCUT2D eigenvalue weighted by Gasteiger charge is 2.12. The van der Waals surface area contributed by atoms with Crippen molar-refractivity contribution in [1.29, 1.82) is 0 Å². The molecule has 0 saturated carbocycles. The molecule has 0 spiro atoms. The lowest BCUT2D eigenvalue weighted by Crippen LogP contribution is -2.28. The summed E-state index contributed by atoms with van der Waals surface area (Å²) in [6.07, 6.45) is 4.48. The van der Waals surface area contributed by atoms with Crippen LogP contribution in [-0.4, -0.2) is 32.0 Å². The van der Waals surface area contributed by atoms with Gasteiger partial charge in [-0.25, -0.2) is 9.97 Å². The predicted molar refractivity (Wildman–Crippen MR) is 82.6 cm³/mol. The number of H-pyrrole nitrogens is 1. The van der Waals surface area contributed by atoms with Gasteiger partial charge in [0, 0.05) is 49.6 Å². The Morgan fingerprint density at radius 2 is 2.23 bits per heavy atom. The van der Waals surface area contributed by atoms with Crippen LogP contribution in [0.15, 0.2) is 23.3 Å².